The molecular formula is C56H96N2O6P+. The molecule has 0 rings (SSSR count). The van der Waals surface area contributed by atoms with Crippen LogP contribution in [0.3, 0.4) is 0 Å². The summed E-state index contributed by atoms with van der Waals surface area (Å²) in [5.74, 6) is -0.198. The number of likely N-dealkylation sites (N-methyl/N-ethyl adjacent to an activating group) is 1. The summed E-state index contributed by atoms with van der Waals surface area (Å²) < 4.78 is 23.5. The molecule has 0 saturated heterocycles. The zero-order valence-corrected chi connectivity index (χ0v) is 42.8. The van der Waals surface area contributed by atoms with Crippen molar-refractivity contribution in [2.75, 3.05) is 40.9 Å². The van der Waals surface area contributed by atoms with Gasteiger partial charge in [-0.05, 0) is 89.9 Å². The number of aliphatic hydroxyl groups is 1. The predicted octanol–water partition coefficient (Wildman–Crippen LogP) is 15.0. The van der Waals surface area contributed by atoms with Gasteiger partial charge < -0.3 is 19.8 Å². The van der Waals surface area contributed by atoms with Gasteiger partial charge in [0.1, 0.15) is 13.2 Å². The van der Waals surface area contributed by atoms with Gasteiger partial charge >= 0.3 is 7.82 Å². The van der Waals surface area contributed by atoms with Gasteiger partial charge in [0.15, 0.2) is 0 Å². The van der Waals surface area contributed by atoms with Crippen LogP contribution in [-0.4, -0.2) is 73.4 Å². The highest BCUT2D eigenvalue weighted by molar-refractivity contribution is 7.47. The molecule has 0 bridgehead atoms. The van der Waals surface area contributed by atoms with Crippen LogP contribution in [0.5, 0.6) is 0 Å². The SMILES string of the molecule is CC/C=C\C/C=C\C/C=C\C/C=C\C/C=C\C/C=C\C/C=C\C/C=C\C/C=C\CCCCCCCCCC(=O)NC(COP(=O)(O)OCC[N+](C)(C)C)C(O)/C=C/CCCCCCCC. The molecule has 3 unspecified atom stereocenters. The van der Waals surface area contributed by atoms with Crippen molar-refractivity contribution in [1.29, 1.82) is 0 Å². The van der Waals surface area contributed by atoms with Crippen LogP contribution in [0.2, 0.25) is 0 Å². The number of nitrogens with zero attached hydrogens (tertiary/aromatic N) is 1. The zero-order chi connectivity index (χ0) is 47.8. The van der Waals surface area contributed by atoms with Gasteiger partial charge in [0, 0.05) is 6.42 Å². The van der Waals surface area contributed by atoms with Crippen LogP contribution in [0, 0.1) is 0 Å². The predicted molar refractivity (Wildman–Crippen MR) is 281 cm³/mol. The van der Waals surface area contributed by atoms with E-state index < -0.39 is 20.0 Å². The number of allylic oxidation sites excluding steroid dienone is 19. The first kappa shape index (κ1) is 61.9. The quantitative estimate of drug-likeness (QED) is 0.0243. The third-order valence-electron chi connectivity index (χ3n) is 10.4. The molecule has 65 heavy (non-hydrogen) atoms. The van der Waals surface area contributed by atoms with Crippen LogP contribution in [0.4, 0.5) is 0 Å². The van der Waals surface area contributed by atoms with Gasteiger partial charge in [0.2, 0.25) is 5.91 Å². The first-order valence-corrected chi connectivity index (χ1v) is 26.9. The molecule has 0 aliphatic carbocycles. The molecule has 9 heteroatoms. The fraction of sp³-hybridized carbons (Fsp3) is 0.625. The fourth-order valence-corrected chi connectivity index (χ4v) is 7.18. The first-order valence-electron chi connectivity index (χ1n) is 25.4. The fourth-order valence-electron chi connectivity index (χ4n) is 6.44. The molecule has 0 aliphatic heterocycles. The highest BCUT2D eigenvalue weighted by atomic mass is 31.2. The van der Waals surface area contributed by atoms with Gasteiger partial charge in [0.25, 0.3) is 0 Å². The molecule has 0 heterocycles. The second kappa shape index (κ2) is 46.0. The molecule has 3 N–H and O–H groups in total. The number of unbranched alkanes of at least 4 members (excludes halogenated alkanes) is 13. The van der Waals surface area contributed by atoms with Gasteiger partial charge in [0.05, 0.1) is 39.9 Å². The van der Waals surface area contributed by atoms with Crippen LogP contribution in [0.15, 0.2) is 122 Å². The molecule has 370 valence electrons. The van der Waals surface area contributed by atoms with E-state index in [9.17, 15) is 19.4 Å². The molecular weight excluding hydrogens is 828 g/mol. The van der Waals surface area contributed by atoms with Gasteiger partial charge in [-0.2, -0.15) is 0 Å². The summed E-state index contributed by atoms with van der Waals surface area (Å²) in [5.41, 5.74) is 0. The Hall–Kier alpha value is -3.10. The lowest BCUT2D eigenvalue weighted by atomic mass is 10.1. The topological polar surface area (TPSA) is 105 Å². The highest BCUT2D eigenvalue weighted by Crippen LogP contribution is 2.43. The molecule has 0 aromatic heterocycles. The number of rotatable bonds is 44. The molecule has 0 aromatic rings. The van der Waals surface area contributed by atoms with Gasteiger partial charge in [-0.3, -0.25) is 13.8 Å². The average molecular weight is 924 g/mol. The lowest BCUT2D eigenvalue weighted by Gasteiger charge is -2.25. The van der Waals surface area contributed by atoms with Gasteiger partial charge in [-0.25, -0.2) is 4.57 Å². The number of nitrogens with one attached hydrogen (secondary N) is 1. The lowest BCUT2D eigenvalue weighted by molar-refractivity contribution is -0.870. The summed E-state index contributed by atoms with van der Waals surface area (Å²) in [4.78, 5) is 23.1. The molecule has 3 atom stereocenters. The maximum Gasteiger partial charge on any atom is 0.472 e. The third-order valence-corrected chi connectivity index (χ3v) is 11.4. The van der Waals surface area contributed by atoms with Crippen LogP contribution in [0.1, 0.15) is 174 Å². The van der Waals surface area contributed by atoms with Crippen LogP contribution < -0.4 is 5.32 Å². The monoisotopic (exact) mass is 924 g/mol. The van der Waals surface area contributed by atoms with E-state index in [0.717, 1.165) is 109 Å². The maximum atomic E-state index is 12.9. The molecule has 0 fully saturated rings. The maximum absolute atomic E-state index is 12.9. The third kappa shape index (κ3) is 48.6. The average Bonchev–Trinajstić information content (AvgIpc) is 3.26. The van der Waals surface area contributed by atoms with E-state index in [1.165, 1.54) is 44.9 Å². The number of hydrogen-bond donors (Lipinski definition) is 3. The van der Waals surface area contributed by atoms with Crippen molar-refractivity contribution in [1.82, 2.24) is 5.32 Å². The van der Waals surface area contributed by atoms with Crippen molar-refractivity contribution >= 4 is 13.7 Å². The Bertz CT molecular complexity index is 1460. The van der Waals surface area contributed by atoms with Crippen LogP contribution in [-0.2, 0) is 18.4 Å². The molecule has 0 radical (unpaired) electrons. The lowest BCUT2D eigenvalue weighted by Crippen LogP contribution is -2.45. The largest absolute Gasteiger partial charge is 0.472 e. The van der Waals surface area contributed by atoms with Crippen molar-refractivity contribution in [2.45, 2.75) is 187 Å². The second-order valence-electron chi connectivity index (χ2n) is 17.8. The Morgan fingerprint density at radius 3 is 1.35 bits per heavy atom. The molecule has 1 amide bonds. The minimum atomic E-state index is -4.34. The number of hydrogen-bond acceptors (Lipinski definition) is 5. The Kier molecular flexibility index (Phi) is 43.8. The highest BCUT2D eigenvalue weighted by Gasteiger charge is 2.27. The van der Waals surface area contributed by atoms with Gasteiger partial charge in [-0.1, -0.05) is 200 Å². The number of carbonyl (C=O) groups excluding carboxylic acids is 1. The van der Waals surface area contributed by atoms with Crippen LogP contribution in [0.25, 0.3) is 0 Å². The normalized spacial score (nSPS) is 15.1. The van der Waals surface area contributed by atoms with E-state index in [0.29, 0.717) is 17.4 Å². The first-order chi connectivity index (χ1) is 31.5. The minimum Gasteiger partial charge on any atom is -0.387 e. The second-order valence-corrected chi connectivity index (χ2v) is 19.3. The number of amides is 1. The number of phosphoric acid groups is 1. The zero-order valence-electron chi connectivity index (χ0n) is 41.9. The van der Waals surface area contributed by atoms with E-state index in [4.69, 9.17) is 9.05 Å². The minimum absolute atomic E-state index is 0.0523. The summed E-state index contributed by atoms with van der Waals surface area (Å²) in [5, 5.41) is 13.7. The van der Waals surface area contributed by atoms with Crippen molar-refractivity contribution in [3.63, 3.8) is 0 Å². The summed E-state index contributed by atoms with van der Waals surface area (Å²) in [6, 6.07) is -0.858. The molecule has 0 saturated carbocycles. The van der Waals surface area contributed by atoms with E-state index in [-0.39, 0.29) is 19.1 Å². The summed E-state index contributed by atoms with van der Waals surface area (Å²) >= 11 is 0. The number of carbonyl (C=O) groups is 1. The van der Waals surface area contributed by atoms with Crippen molar-refractivity contribution in [2.24, 2.45) is 0 Å². The Morgan fingerprint density at radius 1 is 0.538 bits per heavy atom. The van der Waals surface area contributed by atoms with E-state index in [1.54, 1.807) is 6.08 Å². The van der Waals surface area contributed by atoms with E-state index in [1.807, 2.05) is 27.2 Å². The number of aliphatic hydroxyl groups excluding tert-OH is 1. The smallest absolute Gasteiger partial charge is 0.387 e. The van der Waals surface area contributed by atoms with Gasteiger partial charge in [-0.15, -0.1) is 0 Å². The Labute approximate surface area is 399 Å². The molecule has 0 spiro atoms. The van der Waals surface area contributed by atoms with E-state index >= 15 is 0 Å². The molecule has 0 aliphatic rings. The van der Waals surface area contributed by atoms with Crippen molar-refractivity contribution < 1.29 is 32.9 Å². The summed E-state index contributed by atoms with van der Waals surface area (Å²) in [7, 11) is 1.54. The summed E-state index contributed by atoms with van der Waals surface area (Å²) in [6.07, 6.45) is 68.7. The van der Waals surface area contributed by atoms with Crippen molar-refractivity contribution in [3.05, 3.63) is 122 Å². The molecule has 8 nitrogen and oxygen atoms in total. The van der Waals surface area contributed by atoms with Crippen LogP contribution >= 0.6 is 7.82 Å². The van der Waals surface area contributed by atoms with E-state index in [2.05, 4.69) is 129 Å². The summed E-state index contributed by atoms with van der Waals surface area (Å²) in [6.45, 7) is 4.61. The molecule has 0 aromatic carbocycles. The Balaban J connectivity index is 4.12. The Morgan fingerprint density at radius 2 is 0.923 bits per heavy atom. The number of quaternary nitrogens is 1. The van der Waals surface area contributed by atoms with Crippen molar-refractivity contribution in [3.8, 4) is 0 Å². The standard InChI is InChI=1S/C56H95N2O6P/c1-6-8-10-12-14-16-17-18-19-20-21-22-23-24-25-26-27-28-29-30-31-32-33-34-35-36-37-38-39-40-41-42-44-46-48-50-56(60)57-54(53-64-65(61,62)63-52-51-58(3,4)5)55(59)49-47-45-43-15-13-11-9-7-2/h8,10,14,16,18-19,21-22,24-25,27-28,30-31,33-34,36-37,47,49,54-55,59H,6-7,9,11-13,15,17,20,23,26,29,32,35,38-46,48,50-53H2,1-5H3,(H-,57,60,61,62)/p+1/b10-8-,16-14-,19-18-,22-21-,25-24-,28-27-,31-30-,34-33-,37-36-,49-47+. The number of phosphoric ester groups is 1.